The highest BCUT2D eigenvalue weighted by Crippen LogP contribution is 2.19. The van der Waals surface area contributed by atoms with E-state index >= 15 is 0 Å². The highest BCUT2D eigenvalue weighted by molar-refractivity contribution is 5.98. The van der Waals surface area contributed by atoms with E-state index in [0.29, 0.717) is 23.3 Å². The predicted octanol–water partition coefficient (Wildman–Crippen LogP) is 1.84. The molecule has 0 atom stereocenters. The topological polar surface area (TPSA) is 112 Å². The number of carbonyl (C=O) groups excluding carboxylic acids is 2. The number of methoxy groups -OCH3 is 1. The first kappa shape index (κ1) is 20.2. The number of amides is 2. The maximum absolute atomic E-state index is 13.7. The first-order valence-electron chi connectivity index (χ1n) is 9.04. The van der Waals surface area contributed by atoms with Gasteiger partial charge < -0.3 is 15.8 Å². The van der Waals surface area contributed by atoms with Gasteiger partial charge >= 0.3 is 0 Å². The number of primary amides is 1. The lowest BCUT2D eigenvalue weighted by Crippen LogP contribution is -2.23. The molecular formula is C20H22FN5O3. The summed E-state index contributed by atoms with van der Waals surface area (Å²) < 4.78 is 20.2. The maximum Gasteiger partial charge on any atom is 0.254 e. The van der Waals surface area contributed by atoms with Crippen LogP contribution in [0.2, 0.25) is 0 Å². The molecule has 0 aliphatic rings. The molecule has 0 fully saturated rings. The number of nitrogens with one attached hydrogen (secondary N) is 1. The fraction of sp³-hybridized carbons (Fsp3) is 0.300. The molecule has 2 heterocycles. The van der Waals surface area contributed by atoms with Crippen LogP contribution >= 0.6 is 0 Å². The average Bonchev–Trinajstić information content (AvgIpc) is 3.10. The third-order valence-electron chi connectivity index (χ3n) is 4.78. The molecule has 0 saturated carbocycles. The number of ether oxygens (including phenoxy) is 1. The minimum Gasteiger partial charge on any atom is -0.494 e. The molecule has 0 radical (unpaired) electrons. The SMILES string of the molecule is COc1ccc(CNC(=O)CCc2c(C)nc3c(C(N)=O)cnn3c2C)cc1F. The molecule has 2 amide bonds. The van der Waals surface area contributed by atoms with E-state index in [1.807, 2.05) is 13.8 Å². The van der Waals surface area contributed by atoms with Gasteiger partial charge in [0.1, 0.15) is 5.56 Å². The van der Waals surface area contributed by atoms with Crippen LogP contribution in [0.15, 0.2) is 24.4 Å². The molecule has 29 heavy (non-hydrogen) atoms. The van der Waals surface area contributed by atoms with Gasteiger partial charge in [-0.25, -0.2) is 13.9 Å². The Morgan fingerprint density at radius 1 is 1.31 bits per heavy atom. The second-order valence-corrected chi connectivity index (χ2v) is 6.66. The summed E-state index contributed by atoms with van der Waals surface area (Å²) in [6.45, 7) is 3.89. The number of nitrogens with zero attached hydrogens (tertiary/aromatic N) is 3. The van der Waals surface area contributed by atoms with Gasteiger partial charge in [0, 0.05) is 24.4 Å². The van der Waals surface area contributed by atoms with Crippen molar-refractivity contribution in [2.24, 2.45) is 5.73 Å². The number of aryl methyl sites for hydroxylation is 2. The number of nitrogens with two attached hydrogens (primary N) is 1. The minimum atomic E-state index is -0.589. The van der Waals surface area contributed by atoms with Gasteiger partial charge in [0.25, 0.3) is 5.91 Å². The summed E-state index contributed by atoms with van der Waals surface area (Å²) in [4.78, 5) is 28.2. The largest absolute Gasteiger partial charge is 0.494 e. The fourth-order valence-corrected chi connectivity index (χ4v) is 3.19. The Bertz CT molecular complexity index is 1090. The molecule has 0 saturated heterocycles. The van der Waals surface area contributed by atoms with Crippen molar-refractivity contribution in [2.75, 3.05) is 7.11 Å². The molecule has 0 bridgehead atoms. The molecule has 0 aliphatic heterocycles. The molecule has 0 aliphatic carbocycles. The van der Waals surface area contributed by atoms with Gasteiger partial charge in [0.15, 0.2) is 17.2 Å². The van der Waals surface area contributed by atoms with Crippen molar-refractivity contribution in [3.8, 4) is 5.75 Å². The Morgan fingerprint density at radius 2 is 2.07 bits per heavy atom. The van der Waals surface area contributed by atoms with E-state index in [4.69, 9.17) is 10.5 Å². The van der Waals surface area contributed by atoms with Crippen molar-refractivity contribution >= 4 is 17.5 Å². The quantitative estimate of drug-likeness (QED) is 0.630. The summed E-state index contributed by atoms with van der Waals surface area (Å²) in [5.41, 5.74) is 9.04. The standard InChI is InChI=1S/C20H22FN5O3/c1-11-14(12(2)26-20(25-11)15(10-24-26)19(22)28)5-7-18(27)23-9-13-4-6-17(29-3)16(21)8-13/h4,6,8,10H,5,7,9H2,1-3H3,(H2,22,28)(H,23,27). The third kappa shape index (κ3) is 4.18. The first-order chi connectivity index (χ1) is 13.8. The number of hydrogen-bond acceptors (Lipinski definition) is 5. The summed E-state index contributed by atoms with van der Waals surface area (Å²) in [7, 11) is 1.40. The van der Waals surface area contributed by atoms with E-state index in [1.165, 1.54) is 25.4 Å². The maximum atomic E-state index is 13.7. The number of hydrogen-bond donors (Lipinski definition) is 2. The molecule has 0 unspecified atom stereocenters. The monoisotopic (exact) mass is 399 g/mol. The first-order valence-corrected chi connectivity index (χ1v) is 9.04. The molecule has 8 nitrogen and oxygen atoms in total. The number of benzene rings is 1. The molecule has 3 rings (SSSR count). The fourth-order valence-electron chi connectivity index (χ4n) is 3.19. The highest BCUT2D eigenvalue weighted by Gasteiger charge is 2.17. The number of carbonyl (C=O) groups is 2. The second kappa shape index (κ2) is 8.26. The third-order valence-corrected chi connectivity index (χ3v) is 4.78. The molecular weight excluding hydrogens is 377 g/mol. The Labute approximate surface area is 166 Å². The molecule has 152 valence electrons. The normalized spacial score (nSPS) is 10.9. The van der Waals surface area contributed by atoms with Crippen LogP contribution in [-0.2, 0) is 17.8 Å². The number of fused-ring (bicyclic) bond motifs is 1. The molecule has 1 aromatic carbocycles. The summed E-state index contributed by atoms with van der Waals surface area (Å²) in [6.07, 6.45) is 2.08. The summed E-state index contributed by atoms with van der Waals surface area (Å²) >= 11 is 0. The van der Waals surface area contributed by atoms with Crippen LogP contribution in [0.1, 0.15) is 39.3 Å². The van der Waals surface area contributed by atoms with Gasteiger partial charge in [-0.1, -0.05) is 6.07 Å². The molecule has 0 spiro atoms. The van der Waals surface area contributed by atoms with E-state index in [0.717, 1.165) is 11.3 Å². The summed E-state index contributed by atoms with van der Waals surface area (Å²) in [5.74, 6) is -1.07. The van der Waals surface area contributed by atoms with Crippen molar-refractivity contribution in [1.82, 2.24) is 19.9 Å². The van der Waals surface area contributed by atoms with Gasteiger partial charge in [-0.3, -0.25) is 9.59 Å². The van der Waals surface area contributed by atoms with Crippen LogP contribution in [0.25, 0.3) is 5.65 Å². The van der Waals surface area contributed by atoms with Crippen molar-refractivity contribution in [1.29, 1.82) is 0 Å². The zero-order chi connectivity index (χ0) is 21.1. The molecule has 9 heteroatoms. The Hall–Kier alpha value is -3.49. The predicted molar refractivity (Wildman–Crippen MR) is 104 cm³/mol. The van der Waals surface area contributed by atoms with Gasteiger partial charge in [-0.2, -0.15) is 5.10 Å². The zero-order valence-corrected chi connectivity index (χ0v) is 16.5. The van der Waals surface area contributed by atoms with E-state index < -0.39 is 11.7 Å². The Kier molecular flexibility index (Phi) is 5.76. The van der Waals surface area contributed by atoms with E-state index in [2.05, 4.69) is 15.4 Å². The van der Waals surface area contributed by atoms with Crippen LogP contribution in [0.3, 0.4) is 0 Å². The van der Waals surface area contributed by atoms with E-state index in [1.54, 1.807) is 10.6 Å². The lowest BCUT2D eigenvalue weighted by molar-refractivity contribution is -0.121. The van der Waals surface area contributed by atoms with Crippen LogP contribution in [0.4, 0.5) is 4.39 Å². The second-order valence-electron chi connectivity index (χ2n) is 6.66. The van der Waals surface area contributed by atoms with Crippen molar-refractivity contribution in [2.45, 2.75) is 33.2 Å². The van der Waals surface area contributed by atoms with Gasteiger partial charge in [-0.15, -0.1) is 0 Å². The van der Waals surface area contributed by atoms with Crippen molar-refractivity contribution in [3.63, 3.8) is 0 Å². The lowest BCUT2D eigenvalue weighted by Gasteiger charge is -2.12. The van der Waals surface area contributed by atoms with Crippen LogP contribution in [0.5, 0.6) is 5.75 Å². The zero-order valence-electron chi connectivity index (χ0n) is 16.5. The van der Waals surface area contributed by atoms with Crippen LogP contribution < -0.4 is 15.8 Å². The summed E-state index contributed by atoms with van der Waals surface area (Å²) in [5, 5.41) is 6.95. The Morgan fingerprint density at radius 3 is 2.72 bits per heavy atom. The lowest BCUT2D eigenvalue weighted by atomic mass is 10.1. The average molecular weight is 399 g/mol. The minimum absolute atomic E-state index is 0.159. The van der Waals surface area contributed by atoms with Crippen LogP contribution in [-0.4, -0.2) is 33.5 Å². The van der Waals surface area contributed by atoms with Gasteiger partial charge in [-0.05, 0) is 43.5 Å². The van der Waals surface area contributed by atoms with E-state index in [9.17, 15) is 14.0 Å². The molecule has 3 N–H and O–H groups in total. The summed E-state index contributed by atoms with van der Waals surface area (Å²) in [6, 6.07) is 4.55. The number of aromatic nitrogens is 3. The van der Waals surface area contributed by atoms with Crippen molar-refractivity contribution < 1.29 is 18.7 Å². The van der Waals surface area contributed by atoms with Gasteiger partial charge in [0.05, 0.1) is 13.3 Å². The highest BCUT2D eigenvalue weighted by atomic mass is 19.1. The van der Waals surface area contributed by atoms with Gasteiger partial charge in [0.2, 0.25) is 5.91 Å². The smallest absolute Gasteiger partial charge is 0.254 e. The van der Waals surface area contributed by atoms with Crippen molar-refractivity contribution in [3.05, 3.63) is 58.3 Å². The van der Waals surface area contributed by atoms with E-state index in [-0.39, 0.29) is 30.2 Å². The number of halogens is 1. The molecule has 3 aromatic rings. The van der Waals surface area contributed by atoms with Crippen LogP contribution in [0, 0.1) is 19.7 Å². The Balaban J connectivity index is 1.66. The molecule has 2 aromatic heterocycles. The number of rotatable bonds is 7.